The lowest BCUT2D eigenvalue weighted by molar-refractivity contribution is -0.0390. The quantitative estimate of drug-likeness (QED) is 0.702. The minimum Gasteiger partial charge on any atom is -0.381 e. The molecule has 2 heterocycles. The lowest BCUT2D eigenvalue weighted by Crippen LogP contribution is -2.23. The van der Waals surface area contributed by atoms with Crippen molar-refractivity contribution in [3.63, 3.8) is 0 Å². The normalized spacial score (nSPS) is 15.1. The Labute approximate surface area is 162 Å². The Balaban J connectivity index is 1.32. The second kappa shape index (κ2) is 8.61. The topological polar surface area (TPSA) is 60.5 Å². The van der Waals surface area contributed by atoms with E-state index < -0.39 is 0 Å². The molecule has 1 N–H and O–H groups in total. The van der Waals surface area contributed by atoms with Gasteiger partial charge in [0.25, 0.3) is 5.91 Å². The van der Waals surface area contributed by atoms with E-state index in [-0.39, 0.29) is 12.0 Å². The minimum absolute atomic E-state index is 0.0891. The third kappa shape index (κ3) is 4.71. The molecule has 3 aromatic rings. The largest absolute Gasteiger partial charge is 0.381 e. The number of thiazole rings is 1. The number of nitrogens with zero attached hydrogens (tertiary/aromatic N) is 1. The summed E-state index contributed by atoms with van der Waals surface area (Å²) in [5.41, 5.74) is 5.47. The smallest absolute Gasteiger partial charge is 0.251 e. The van der Waals surface area contributed by atoms with Crippen molar-refractivity contribution < 1.29 is 14.3 Å². The molecule has 0 saturated carbocycles. The van der Waals surface area contributed by atoms with Crippen molar-refractivity contribution in [1.82, 2.24) is 10.3 Å². The van der Waals surface area contributed by atoms with E-state index in [0.717, 1.165) is 47.4 Å². The lowest BCUT2D eigenvalue weighted by Gasteiger charge is -2.22. The summed E-state index contributed by atoms with van der Waals surface area (Å²) < 4.78 is 12.4. The van der Waals surface area contributed by atoms with Crippen molar-refractivity contribution in [2.24, 2.45) is 0 Å². The van der Waals surface area contributed by atoms with Gasteiger partial charge in [0.2, 0.25) is 0 Å². The molecule has 2 aromatic carbocycles. The average molecular weight is 382 g/mol. The standard InChI is InChI=1S/C21H22N2O3S/c24-21(17-4-5-20-19(11-17)23-14-27-20)22-12-15-2-1-3-16(10-15)13-26-18-6-8-25-9-7-18/h1-5,10-11,14,18H,6-9,12-13H2,(H,22,24). The summed E-state index contributed by atoms with van der Waals surface area (Å²) in [5, 5.41) is 2.98. The van der Waals surface area contributed by atoms with Gasteiger partial charge in [0.15, 0.2) is 0 Å². The van der Waals surface area contributed by atoms with Crippen LogP contribution in [0.15, 0.2) is 48.0 Å². The highest BCUT2D eigenvalue weighted by molar-refractivity contribution is 7.16. The molecule has 5 nitrogen and oxygen atoms in total. The van der Waals surface area contributed by atoms with Crippen LogP contribution in [0.3, 0.4) is 0 Å². The van der Waals surface area contributed by atoms with Gasteiger partial charge in [-0.3, -0.25) is 4.79 Å². The molecule has 1 aromatic heterocycles. The molecule has 27 heavy (non-hydrogen) atoms. The van der Waals surface area contributed by atoms with Crippen LogP contribution in [0, 0.1) is 0 Å². The van der Waals surface area contributed by atoms with Crippen LogP contribution >= 0.6 is 11.3 Å². The Morgan fingerprint density at radius 3 is 2.93 bits per heavy atom. The highest BCUT2D eigenvalue weighted by Crippen LogP contribution is 2.19. The number of hydrogen-bond donors (Lipinski definition) is 1. The number of carbonyl (C=O) groups is 1. The molecule has 0 radical (unpaired) electrons. The molecule has 140 valence electrons. The maximum absolute atomic E-state index is 12.4. The summed E-state index contributed by atoms with van der Waals surface area (Å²) in [7, 11) is 0. The van der Waals surface area contributed by atoms with E-state index in [4.69, 9.17) is 9.47 Å². The third-order valence-electron chi connectivity index (χ3n) is 4.69. The van der Waals surface area contributed by atoms with E-state index in [1.165, 1.54) is 0 Å². The zero-order valence-corrected chi connectivity index (χ0v) is 15.8. The molecule has 0 aliphatic carbocycles. The van der Waals surface area contributed by atoms with Crippen molar-refractivity contribution in [3.05, 3.63) is 64.7 Å². The van der Waals surface area contributed by atoms with Crippen molar-refractivity contribution in [2.45, 2.75) is 32.1 Å². The van der Waals surface area contributed by atoms with Gasteiger partial charge in [0.05, 0.1) is 28.4 Å². The third-order valence-corrected chi connectivity index (χ3v) is 5.50. The van der Waals surface area contributed by atoms with Gasteiger partial charge in [-0.2, -0.15) is 0 Å². The van der Waals surface area contributed by atoms with Crippen LogP contribution in [-0.2, 0) is 22.6 Å². The predicted molar refractivity (Wildman–Crippen MR) is 106 cm³/mol. The lowest BCUT2D eigenvalue weighted by atomic mass is 10.1. The van der Waals surface area contributed by atoms with Crippen molar-refractivity contribution in [2.75, 3.05) is 13.2 Å². The minimum atomic E-state index is -0.0891. The fourth-order valence-electron chi connectivity index (χ4n) is 3.17. The first kappa shape index (κ1) is 18.1. The molecule has 1 aliphatic heterocycles. The molecule has 1 saturated heterocycles. The molecule has 1 fully saturated rings. The van der Waals surface area contributed by atoms with Gasteiger partial charge in [0.1, 0.15) is 0 Å². The average Bonchev–Trinajstić information content (AvgIpc) is 3.19. The number of hydrogen-bond acceptors (Lipinski definition) is 5. The van der Waals surface area contributed by atoms with E-state index >= 15 is 0 Å². The maximum atomic E-state index is 12.4. The number of benzene rings is 2. The summed E-state index contributed by atoms with van der Waals surface area (Å²) in [5.74, 6) is -0.0891. The molecule has 0 unspecified atom stereocenters. The van der Waals surface area contributed by atoms with Gasteiger partial charge >= 0.3 is 0 Å². The summed E-state index contributed by atoms with van der Waals surface area (Å²) in [6.45, 7) is 2.64. The highest BCUT2D eigenvalue weighted by Gasteiger charge is 2.14. The highest BCUT2D eigenvalue weighted by atomic mass is 32.1. The van der Waals surface area contributed by atoms with Gasteiger partial charge in [-0.15, -0.1) is 11.3 Å². The molecule has 1 aliphatic rings. The molecule has 0 bridgehead atoms. The van der Waals surface area contributed by atoms with Gasteiger partial charge in [0, 0.05) is 25.3 Å². The second-order valence-corrected chi connectivity index (χ2v) is 7.55. The van der Waals surface area contributed by atoms with E-state index in [0.29, 0.717) is 18.7 Å². The van der Waals surface area contributed by atoms with E-state index in [2.05, 4.69) is 22.4 Å². The number of nitrogens with one attached hydrogen (secondary N) is 1. The molecule has 0 spiro atoms. The van der Waals surface area contributed by atoms with Crippen LogP contribution in [-0.4, -0.2) is 30.2 Å². The summed E-state index contributed by atoms with van der Waals surface area (Å²) in [4.78, 5) is 16.7. The van der Waals surface area contributed by atoms with Crippen molar-refractivity contribution >= 4 is 27.5 Å². The molecule has 0 atom stereocenters. The Kier molecular flexibility index (Phi) is 5.77. The number of ether oxygens (including phenoxy) is 2. The number of carbonyl (C=O) groups excluding carboxylic acids is 1. The first-order chi connectivity index (χ1) is 13.3. The molecule has 6 heteroatoms. The monoisotopic (exact) mass is 382 g/mol. The summed E-state index contributed by atoms with van der Waals surface area (Å²) in [6.07, 6.45) is 2.20. The zero-order chi connectivity index (χ0) is 18.5. The molecular weight excluding hydrogens is 360 g/mol. The van der Waals surface area contributed by atoms with Gasteiger partial charge in [-0.1, -0.05) is 24.3 Å². The van der Waals surface area contributed by atoms with Crippen LogP contribution in [0.1, 0.15) is 34.3 Å². The number of rotatable bonds is 6. The van der Waals surface area contributed by atoms with Crippen LogP contribution in [0.5, 0.6) is 0 Å². The van der Waals surface area contributed by atoms with Crippen molar-refractivity contribution in [1.29, 1.82) is 0 Å². The first-order valence-electron chi connectivity index (χ1n) is 9.16. The second-order valence-electron chi connectivity index (χ2n) is 6.66. The van der Waals surface area contributed by atoms with Gasteiger partial charge in [-0.25, -0.2) is 4.98 Å². The molecule has 4 rings (SSSR count). The Morgan fingerprint density at radius 1 is 1.19 bits per heavy atom. The zero-order valence-electron chi connectivity index (χ0n) is 15.0. The van der Waals surface area contributed by atoms with Gasteiger partial charge < -0.3 is 14.8 Å². The Hall–Kier alpha value is -2.28. The SMILES string of the molecule is O=C(NCc1cccc(COC2CCOCC2)c1)c1ccc2scnc2c1. The van der Waals surface area contributed by atoms with E-state index in [1.54, 1.807) is 16.8 Å². The van der Waals surface area contributed by atoms with Crippen LogP contribution in [0.4, 0.5) is 0 Å². The predicted octanol–water partition coefficient (Wildman–Crippen LogP) is 3.92. The molecule has 1 amide bonds. The number of aromatic nitrogens is 1. The fourth-order valence-corrected chi connectivity index (χ4v) is 3.83. The van der Waals surface area contributed by atoms with Crippen LogP contribution in [0.25, 0.3) is 10.2 Å². The van der Waals surface area contributed by atoms with Crippen LogP contribution < -0.4 is 5.32 Å². The van der Waals surface area contributed by atoms with Crippen molar-refractivity contribution in [3.8, 4) is 0 Å². The Morgan fingerprint density at radius 2 is 2.04 bits per heavy atom. The Bertz CT molecular complexity index is 918. The maximum Gasteiger partial charge on any atom is 0.251 e. The van der Waals surface area contributed by atoms with E-state index in [9.17, 15) is 4.79 Å². The first-order valence-corrected chi connectivity index (χ1v) is 10.0. The van der Waals surface area contributed by atoms with Crippen LogP contribution in [0.2, 0.25) is 0 Å². The summed E-state index contributed by atoms with van der Waals surface area (Å²) in [6, 6.07) is 13.8. The fraction of sp³-hybridized carbons (Fsp3) is 0.333. The van der Waals surface area contributed by atoms with Gasteiger partial charge in [-0.05, 0) is 42.2 Å². The molecular formula is C21H22N2O3S. The number of amides is 1. The van der Waals surface area contributed by atoms with E-state index in [1.807, 2.05) is 30.3 Å². The number of fused-ring (bicyclic) bond motifs is 1. The summed E-state index contributed by atoms with van der Waals surface area (Å²) >= 11 is 1.57.